The van der Waals surface area contributed by atoms with Crippen molar-refractivity contribution in [3.05, 3.63) is 52.4 Å². The number of nitrogens with zero attached hydrogens (tertiary/aromatic N) is 4. The first-order valence-electron chi connectivity index (χ1n) is 8.22. The van der Waals surface area contributed by atoms with E-state index in [1.54, 1.807) is 12.1 Å². The Balaban J connectivity index is 1.57. The van der Waals surface area contributed by atoms with E-state index < -0.39 is 0 Å². The van der Waals surface area contributed by atoms with Gasteiger partial charge in [-0.3, -0.25) is 4.90 Å². The zero-order valence-corrected chi connectivity index (χ0v) is 14.8. The third-order valence-electron chi connectivity index (χ3n) is 4.68. The van der Waals surface area contributed by atoms with Gasteiger partial charge in [0.15, 0.2) is 11.0 Å². The van der Waals surface area contributed by atoms with Gasteiger partial charge in [-0.2, -0.15) is 0 Å². The van der Waals surface area contributed by atoms with Gasteiger partial charge in [-0.1, -0.05) is 29.3 Å². The monoisotopic (exact) mass is 348 g/mol. The summed E-state index contributed by atoms with van der Waals surface area (Å²) >= 11 is 5.79. The highest BCUT2D eigenvalue weighted by atomic mass is 35.5. The Morgan fingerprint density at radius 2 is 1.96 bits per heavy atom. The molecule has 128 valence electrons. The van der Waals surface area contributed by atoms with Crippen molar-refractivity contribution in [1.29, 1.82) is 0 Å². The van der Waals surface area contributed by atoms with E-state index in [1.807, 2.05) is 32.2 Å². The van der Waals surface area contributed by atoms with Gasteiger partial charge >= 0.3 is 0 Å². The van der Waals surface area contributed by atoms with Gasteiger partial charge in [0.1, 0.15) is 5.82 Å². The third-order valence-corrected chi connectivity index (χ3v) is 4.88. The summed E-state index contributed by atoms with van der Waals surface area (Å²) in [6.45, 7) is 4.56. The number of aromatic nitrogens is 2. The van der Waals surface area contributed by atoms with E-state index >= 15 is 0 Å². The molecule has 3 rings (SSSR count). The Hall–Kier alpha value is -1.72. The average molecular weight is 349 g/mol. The van der Waals surface area contributed by atoms with Gasteiger partial charge < -0.3 is 4.90 Å². The number of hydrogen-bond donors (Lipinski definition) is 0. The number of rotatable bonds is 4. The van der Waals surface area contributed by atoms with Gasteiger partial charge in [0.05, 0.1) is 0 Å². The Bertz CT molecular complexity index is 684. The molecule has 0 spiro atoms. The molecule has 24 heavy (non-hydrogen) atoms. The van der Waals surface area contributed by atoms with E-state index in [-0.39, 0.29) is 5.82 Å². The number of anilines is 1. The summed E-state index contributed by atoms with van der Waals surface area (Å²) in [6.07, 6.45) is 2.04. The minimum absolute atomic E-state index is 0.115. The SMILES string of the molecule is Cc1ccc(F)c(CN2CCC(N(C)c3ccc(Cl)nn3)CC2)c1. The fourth-order valence-corrected chi connectivity index (χ4v) is 3.32. The van der Waals surface area contributed by atoms with Crippen molar-refractivity contribution in [2.75, 3.05) is 25.0 Å². The van der Waals surface area contributed by atoms with Crippen molar-refractivity contribution < 1.29 is 4.39 Å². The quantitative estimate of drug-likeness (QED) is 0.843. The fraction of sp³-hybridized carbons (Fsp3) is 0.444. The Labute approximate surface area is 147 Å². The zero-order chi connectivity index (χ0) is 17.1. The van der Waals surface area contributed by atoms with Crippen LogP contribution in [0.15, 0.2) is 30.3 Å². The standard InChI is InChI=1S/C18H22ClFN4/c1-13-3-4-16(20)14(11-13)12-24-9-7-15(8-10-24)23(2)18-6-5-17(19)21-22-18/h3-6,11,15H,7-10,12H2,1-2H3. The molecule has 0 amide bonds. The minimum atomic E-state index is -0.115. The molecule has 0 aliphatic carbocycles. The molecule has 1 aliphatic rings. The molecule has 2 aromatic rings. The van der Waals surface area contributed by atoms with Crippen molar-refractivity contribution >= 4 is 17.4 Å². The molecular weight excluding hydrogens is 327 g/mol. The van der Waals surface area contributed by atoms with Gasteiger partial charge in [0.2, 0.25) is 0 Å². The molecule has 1 aromatic carbocycles. The van der Waals surface area contributed by atoms with E-state index in [9.17, 15) is 4.39 Å². The van der Waals surface area contributed by atoms with Gasteiger partial charge in [0, 0.05) is 38.3 Å². The second kappa shape index (κ2) is 7.45. The van der Waals surface area contributed by atoms with Crippen molar-refractivity contribution in [2.45, 2.75) is 32.4 Å². The molecule has 1 saturated heterocycles. The van der Waals surface area contributed by atoms with E-state index in [1.165, 1.54) is 0 Å². The van der Waals surface area contributed by atoms with Crippen LogP contribution in [0, 0.1) is 12.7 Å². The van der Waals surface area contributed by atoms with Gasteiger partial charge in [-0.15, -0.1) is 10.2 Å². The maximum Gasteiger partial charge on any atom is 0.151 e. The Kier molecular flexibility index (Phi) is 5.31. The van der Waals surface area contributed by atoms with Gasteiger partial charge in [-0.25, -0.2) is 4.39 Å². The van der Waals surface area contributed by atoms with Gasteiger partial charge in [-0.05, 0) is 38.0 Å². The van der Waals surface area contributed by atoms with Crippen LogP contribution < -0.4 is 4.90 Å². The lowest BCUT2D eigenvalue weighted by molar-refractivity contribution is 0.201. The first-order valence-corrected chi connectivity index (χ1v) is 8.60. The summed E-state index contributed by atoms with van der Waals surface area (Å²) in [5.41, 5.74) is 1.88. The lowest BCUT2D eigenvalue weighted by Gasteiger charge is -2.37. The Morgan fingerprint density at radius 3 is 2.62 bits per heavy atom. The molecule has 0 radical (unpaired) electrons. The molecule has 0 N–H and O–H groups in total. The van der Waals surface area contributed by atoms with Crippen LogP contribution in [0.2, 0.25) is 5.15 Å². The highest BCUT2D eigenvalue weighted by Gasteiger charge is 2.24. The van der Waals surface area contributed by atoms with Crippen LogP contribution in [-0.4, -0.2) is 41.3 Å². The van der Waals surface area contributed by atoms with Crippen molar-refractivity contribution in [3.63, 3.8) is 0 Å². The molecule has 0 bridgehead atoms. The molecule has 2 heterocycles. The summed E-state index contributed by atoms with van der Waals surface area (Å²) in [4.78, 5) is 4.48. The third kappa shape index (κ3) is 4.02. The van der Waals surface area contributed by atoms with Crippen LogP contribution in [0.1, 0.15) is 24.0 Å². The summed E-state index contributed by atoms with van der Waals surface area (Å²) < 4.78 is 13.9. The smallest absolute Gasteiger partial charge is 0.151 e. The number of likely N-dealkylation sites (tertiary alicyclic amines) is 1. The maximum atomic E-state index is 13.9. The number of hydrogen-bond acceptors (Lipinski definition) is 4. The van der Waals surface area contributed by atoms with E-state index in [0.717, 1.165) is 42.9 Å². The highest BCUT2D eigenvalue weighted by molar-refractivity contribution is 6.29. The predicted octanol–water partition coefficient (Wildman–Crippen LogP) is 3.68. The number of benzene rings is 1. The van der Waals surface area contributed by atoms with Crippen LogP contribution in [0.4, 0.5) is 10.2 Å². The molecule has 1 fully saturated rings. The first-order chi connectivity index (χ1) is 11.5. The lowest BCUT2D eigenvalue weighted by atomic mass is 10.0. The topological polar surface area (TPSA) is 32.3 Å². The summed E-state index contributed by atoms with van der Waals surface area (Å²) in [6, 6.07) is 9.38. The van der Waals surface area contributed by atoms with Crippen molar-refractivity contribution in [3.8, 4) is 0 Å². The zero-order valence-electron chi connectivity index (χ0n) is 14.0. The molecular formula is C18H22ClFN4. The lowest BCUT2D eigenvalue weighted by Crippen LogP contribution is -2.43. The van der Waals surface area contributed by atoms with Crippen molar-refractivity contribution in [1.82, 2.24) is 15.1 Å². The summed E-state index contributed by atoms with van der Waals surface area (Å²) in [5.74, 6) is 0.721. The molecule has 4 nitrogen and oxygen atoms in total. The fourth-order valence-electron chi connectivity index (χ4n) is 3.21. The molecule has 1 aromatic heterocycles. The second-order valence-corrected chi connectivity index (χ2v) is 6.81. The maximum absolute atomic E-state index is 13.9. The van der Waals surface area contributed by atoms with Crippen LogP contribution in [-0.2, 0) is 6.54 Å². The molecule has 1 aliphatic heterocycles. The summed E-state index contributed by atoms with van der Waals surface area (Å²) in [5, 5.41) is 8.45. The van der Waals surface area contributed by atoms with Crippen LogP contribution >= 0.6 is 11.6 Å². The predicted molar refractivity (Wildman–Crippen MR) is 94.9 cm³/mol. The summed E-state index contributed by atoms with van der Waals surface area (Å²) in [7, 11) is 2.04. The average Bonchev–Trinajstić information content (AvgIpc) is 2.59. The largest absolute Gasteiger partial charge is 0.355 e. The highest BCUT2D eigenvalue weighted by Crippen LogP contribution is 2.22. The molecule has 0 saturated carbocycles. The molecule has 0 atom stereocenters. The van der Waals surface area contributed by atoms with E-state index in [4.69, 9.17) is 11.6 Å². The van der Waals surface area contributed by atoms with Crippen molar-refractivity contribution in [2.24, 2.45) is 0 Å². The number of halogens is 2. The number of piperidine rings is 1. The normalized spacial score (nSPS) is 16.3. The van der Waals surface area contributed by atoms with Crippen LogP contribution in [0.3, 0.4) is 0 Å². The molecule has 0 unspecified atom stereocenters. The van der Waals surface area contributed by atoms with Gasteiger partial charge in [0.25, 0.3) is 0 Å². The molecule has 6 heteroatoms. The number of aryl methyl sites for hydroxylation is 1. The van der Waals surface area contributed by atoms with E-state index in [2.05, 4.69) is 20.0 Å². The van der Waals surface area contributed by atoms with Crippen LogP contribution in [0.25, 0.3) is 0 Å². The van der Waals surface area contributed by atoms with E-state index in [0.29, 0.717) is 17.7 Å². The van der Waals surface area contributed by atoms with Crippen LogP contribution in [0.5, 0.6) is 0 Å². The second-order valence-electron chi connectivity index (χ2n) is 6.43. The minimum Gasteiger partial charge on any atom is -0.355 e. The first kappa shape index (κ1) is 17.1. The Morgan fingerprint density at radius 1 is 1.21 bits per heavy atom.